The van der Waals surface area contributed by atoms with Crippen molar-refractivity contribution in [2.45, 2.75) is 51.7 Å². The Morgan fingerprint density at radius 3 is 2.60 bits per heavy atom. The van der Waals surface area contributed by atoms with Crippen LogP contribution in [0.25, 0.3) is 0 Å². The first-order valence-electron chi connectivity index (χ1n) is 6.69. The molecule has 0 radical (unpaired) electrons. The number of hydrogen-bond acceptors (Lipinski definition) is 4. The highest BCUT2D eigenvalue weighted by molar-refractivity contribution is 5.88. The molecule has 7 heteroatoms. The molecule has 1 heterocycles. The molecule has 0 unspecified atom stereocenters. The van der Waals surface area contributed by atoms with Crippen molar-refractivity contribution < 1.29 is 24.2 Å². The lowest BCUT2D eigenvalue weighted by Crippen LogP contribution is -2.49. The zero-order valence-corrected chi connectivity index (χ0v) is 12.1. The molecule has 1 aliphatic rings. The molecule has 114 valence electrons. The molecule has 2 amide bonds. The molecular weight excluding hydrogens is 264 g/mol. The molecule has 0 saturated carbocycles. The monoisotopic (exact) mass is 286 g/mol. The van der Waals surface area contributed by atoms with Crippen LogP contribution in [0.15, 0.2) is 0 Å². The molecule has 2 N–H and O–H groups in total. The average molecular weight is 286 g/mol. The number of rotatable bonds is 3. The number of likely N-dealkylation sites (tertiary alicyclic amines) is 1. The fraction of sp³-hybridized carbons (Fsp3) is 0.769. The number of alkyl carbamates (subject to hydrolysis) is 1. The van der Waals surface area contributed by atoms with Crippen molar-refractivity contribution in [3.8, 4) is 0 Å². The summed E-state index contributed by atoms with van der Waals surface area (Å²) in [6, 6.07) is -0.716. The fourth-order valence-electron chi connectivity index (χ4n) is 2.01. The maximum atomic E-state index is 12.2. The molecular formula is C13H22N2O5. The van der Waals surface area contributed by atoms with Gasteiger partial charge in [0.2, 0.25) is 5.91 Å². The lowest BCUT2D eigenvalue weighted by Gasteiger charge is -2.25. The summed E-state index contributed by atoms with van der Waals surface area (Å²) in [6.45, 7) is 5.26. The van der Waals surface area contributed by atoms with Gasteiger partial charge in [0.25, 0.3) is 0 Å². The van der Waals surface area contributed by atoms with Crippen molar-refractivity contribution in [3.63, 3.8) is 0 Å². The first-order chi connectivity index (χ1) is 9.19. The van der Waals surface area contributed by atoms with Crippen LogP contribution in [0.3, 0.4) is 0 Å². The van der Waals surface area contributed by atoms with E-state index in [2.05, 4.69) is 5.32 Å². The summed E-state index contributed by atoms with van der Waals surface area (Å²) >= 11 is 0. The van der Waals surface area contributed by atoms with Gasteiger partial charge in [0.05, 0.1) is 0 Å². The van der Waals surface area contributed by atoms with Gasteiger partial charge in [0.15, 0.2) is 0 Å². The van der Waals surface area contributed by atoms with Crippen LogP contribution in [-0.2, 0) is 14.3 Å². The number of aliphatic carboxylic acids is 1. The van der Waals surface area contributed by atoms with E-state index in [0.717, 1.165) is 12.8 Å². The number of carbonyl (C=O) groups excluding carboxylic acids is 2. The van der Waals surface area contributed by atoms with Crippen LogP contribution in [0.4, 0.5) is 4.79 Å². The van der Waals surface area contributed by atoms with Crippen molar-refractivity contribution >= 4 is 18.0 Å². The number of nitrogens with one attached hydrogen (secondary N) is 1. The van der Waals surface area contributed by atoms with E-state index < -0.39 is 23.7 Å². The van der Waals surface area contributed by atoms with E-state index >= 15 is 0 Å². The third-order valence-corrected chi connectivity index (χ3v) is 2.80. The second kappa shape index (κ2) is 6.58. The Morgan fingerprint density at radius 2 is 2.05 bits per heavy atom. The molecule has 0 aliphatic carbocycles. The van der Waals surface area contributed by atoms with Crippen molar-refractivity contribution in [3.05, 3.63) is 0 Å². The van der Waals surface area contributed by atoms with E-state index in [1.807, 2.05) is 0 Å². The zero-order valence-electron chi connectivity index (χ0n) is 12.1. The van der Waals surface area contributed by atoms with E-state index in [1.54, 1.807) is 20.8 Å². The van der Waals surface area contributed by atoms with Gasteiger partial charge in [-0.25, -0.2) is 4.79 Å². The zero-order chi connectivity index (χ0) is 15.3. The molecule has 1 saturated heterocycles. The quantitative estimate of drug-likeness (QED) is 0.806. The summed E-state index contributed by atoms with van der Waals surface area (Å²) in [7, 11) is 0. The van der Waals surface area contributed by atoms with Crippen LogP contribution in [0.5, 0.6) is 0 Å². The summed E-state index contributed by atoms with van der Waals surface area (Å²) in [5.41, 5.74) is -0.640. The average Bonchev–Trinajstić information content (AvgIpc) is 2.41. The Morgan fingerprint density at radius 1 is 1.40 bits per heavy atom. The highest BCUT2D eigenvalue weighted by Gasteiger charge is 2.30. The highest BCUT2D eigenvalue weighted by Crippen LogP contribution is 2.13. The third-order valence-electron chi connectivity index (χ3n) is 2.80. The molecule has 0 bridgehead atoms. The minimum atomic E-state index is -1.06. The van der Waals surface area contributed by atoms with Gasteiger partial charge < -0.3 is 20.1 Å². The number of ether oxygens (including phenoxy) is 1. The smallest absolute Gasteiger partial charge is 0.408 e. The molecule has 7 nitrogen and oxygen atoms in total. The minimum Gasteiger partial charge on any atom is -0.480 e. The molecule has 0 aromatic rings. The number of hydrogen-bond donors (Lipinski definition) is 2. The van der Waals surface area contributed by atoms with Crippen LogP contribution in [0.2, 0.25) is 0 Å². The van der Waals surface area contributed by atoms with Crippen molar-refractivity contribution in [2.75, 3.05) is 13.1 Å². The van der Waals surface area contributed by atoms with E-state index in [0.29, 0.717) is 13.0 Å². The number of amides is 2. The lowest BCUT2D eigenvalue weighted by molar-refractivity contribution is -0.144. The Bertz CT molecular complexity index is 389. The third kappa shape index (κ3) is 5.46. The van der Waals surface area contributed by atoms with Crippen LogP contribution >= 0.6 is 0 Å². The summed E-state index contributed by atoms with van der Waals surface area (Å²) in [6.07, 6.45) is 1.32. The van der Waals surface area contributed by atoms with Crippen molar-refractivity contribution in [1.29, 1.82) is 0 Å². The minimum absolute atomic E-state index is 0.342. The van der Waals surface area contributed by atoms with Gasteiger partial charge in [-0.1, -0.05) is 0 Å². The molecule has 0 spiro atoms. The molecule has 20 heavy (non-hydrogen) atoms. The van der Waals surface area contributed by atoms with Gasteiger partial charge in [0.1, 0.15) is 18.2 Å². The first kappa shape index (κ1) is 16.3. The van der Waals surface area contributed by atoms with Gasteiger partial charge in [0, 0.05) is 6.54 Å². The lowest BCUT2D eigenvalue weighted by atomic mass is 10.1. The molecule has 1 fully saturated rings. The highest BCUT2D eigenvalue weighted by atomic mass is 16.6. The van der Waals surface area contributed by atoms with Crippen LogP contribution in [0, 0.1) is 0 Å². The second-order valence-corrected chi connectivity index (χ2v) is 5.85. The SMILES string of the molecule is CC(C)(C)OC(=O)N[C@@H]1CCCCN(CC(=O)O)C1=O. The normalized spacial score (nSPS) is 20.2. The Labute approximate surface area is 118 Å². The van der Waals surface area contributed by atoms with Gasteiger partial charge in [-0.15, -0.1) is 0 Å². The molecule has 0 aromatic heterocycles. The van der Waals surface area contributed by atoms with Gasteiger partial charge in [-0.2, -0.15) is 0 Å². The summed E-state index contributed by atoms with van der Waals surface area (Å²) in [4.78, 5) is 35.9. The molecule has 1 aliphatic heterocycles. The van der Waals surface area contributed by atoms with E-state index in [9.17, 15) is 14.4 Å². The van der Waals surface area contributed by atoms with Crippen molar-refractivity contribution in [2.24, 2.45) is 0 Å². The summed E-state index contributed by atoms with van der Waals surface area (Å²) < 4.78 is 5.11. The predicted octanol–water partition coefficient (Wildman–Crippen LogP) is 0.977. The van der Waals surface area contributed by atoms with E-state index in [1.165, 1.54) is 4.90 Å². The molecule has 1 atom stereocenters. The first-order valence-corrected chi connectivity index (χ1v) is 6.69. The van der Waals surface area contributed by atoms with Crippen LogP contribution < -0.4 is 5.32 Å². The van der Waals surface area contributed by atoms with Gasteiger partial charge in [-0.3, -0.25) is 9.59 Å². The Kier molecular flexibility index (Phi) is 5.35. The number of nitrogens with zero attached hydrogens (tertiary/aromatic N) is 1. The number of carboxylic acids is 1. The standard InChI is InChI=1S/C13H22N2O5/c1-13(2,3)20-12(19)14-9-6-4-5-7-15(11(9)18)8-10(16)17/h9H,4-8H2,1-3H3,(H,14,19)(H,16,17)/t9-/m1/s1. The summed E-state index contributed by atoms with van der Waals surface area (Å²) in [5, 5.41) is 11.3. The van der Waals surface area contributed by atoms with Crippen molar-refractivity contribution in [1.82, 2.24) is 10.2 Å². The van der Waals surface area contributed by atoms with E-state index in [-0.39, 0.29) is 12.5 Å². The fourth-order valence-corrected chi connectivity index (χ4v) is 2.01. The Balaban J connectivity index is 2.65. The topological polar surface area (TPSA) is 95.9 Å². The number of carbonyl (C=O) groups is 3. The van der Waals surface area contributed by atoms with Crippen LogP contribution in [-0.4, -0.2) is 52.7 Å². The molecule has 1 rings (SSSR count). The largest absolute Gasteiger partial charge is 0.480 e. The Hall–Kier alpha value is -1.79. The predicted molar refractivity (Wildman–Crippen MR) is 71.2 cm³/mol. The maximum absolute atomic E-state index is 12.2. The molecule has 0 aromatic carbocycles. The van der Waals surface area contributed by atoms with E-state index in [4.69, 9.17) is 9.84 Å². The summed E-state index contributed by atoms with van der Waals surface area (Å²) in [5.74, 6) is -1.42. The van der Waals surface area contributed by atoms with Crippen LogP contribution in [0.1, 0.15) is 40.0 Å². The maximum Gasteiger partial charge on any atom is 0.408 e. The van der Waals surface area contributed by atoms with Gasteiger partial charge >= 0.3 is 12.1 Å². The second-order valence-electron chi connectivity index (χ2n) is 5.85. The van der Waals surface area contributed by atoms with Gasteiger partial charge in [-0.05, 0) is 40.0 Å². The number of carboxylic acid groups (broad SMARTS) is 1.